The van der Waals surface area contributed by atoms with Crippen LogP contribution >= 0.6 is 11.3 Å². The third kappa shape index (κ3) is 3.77. The smallest absolute Gasteiger partial charge is 0.275 e. The number of rotatable bonds is 3. The van der Waals surface area contributed by atoms with Gasteiger partial charge < -0.3 is 10.2 Å². The number of fused-ring (bicyclic) bond motifs is 1. The summed E-state index contributed by atoms with van der Waals surface area (Å²) in [6.07, 6.45) is 1.52. The first-order chi connectivity index (χ1) is 13.4. The Morgan fingerprint density at radius 2 is 1.79 bits per heavy atom. The number of aryl methyl sites for hydroxylation is 3. The maximum atomic E-state index is 12.7. The van der Waals surface area contributed by atoms with Gasteiger partial charge in [-0.3, -0.25) is 9.59 Å². The van der Waals surface area contributed by atoms with Crippen molar-refractivity contribution >= 4 is 33.0 Å². The highest BCUT2D eigenvalue weighted by Gasteiger charge is 2.27. The highest BCUT2D eigenvalue weighted by Crippen LogP contribution is 2.27. The van der Waals surface area contributed by atoms with E-state index < -0.39 is 0 Å². The molecule has 1 N–H and O–H groups in total. The molecule has 0 atom stereocenters. The van der Waals surface area contributed by atoms with Crippen LogP contribution in [0.2, 0.25) is 0 Å². The minimum atomic E-state index is -0.160. The van der Waals surface area contributed by atoms with Crippen LogP contribution in [0, 0.1) is 26.7 Å². The molecule has 1 aliphatic rings. The predicted molar refractivity (Wildman–Crippen MR) is 111 cm³/mol. The first-order valence-electron chi connectivity index (χ1n) is 9.41. The lowest BCUT2D eigenvalue weighted by atomic mass is 9.96. The van der Waals surface area contributed by atoms with Crippen LogP contribution in [-0.4, -0.2) is 33.6 Å². The van der Waals surface area contributed by atoms with Crippen molar-refractivity contribution < 1.29 is 4.79 Å². The quantitative estimate of drug-likeness (QED) is 0.735. The normalized spacial score (nSPS) is 15.2. The number of amides is 1. The summed E-state index contributed by atoms with van der Waals surface area (Å²) in [5.74, 6) is 0.0528. The highest BCUT2D eigenvalue weighted by molar-refractivity contribution is 7.20. The molecule has 0 radical (unpaired) electrons. The van der Waals surface area contributed by atoms with Crippen molar-refractivity contribution in [3.8, 4) is 0 Å². The lowest BCUT2D eigenvalue weighted by Crippen LogP contribution is -2.38. The van der Waals surface area contributed by atoms with Crippen molar-refractivity contribution in [1.29, 1.82) is 0 Å². The fourth-order valence-corrected chi connectivity index (χ4v) is 4.67. The van der Waals surface area contributed by atoms with Crippen LogP contribution in [0.15, 0.2) is 29.1 Å². The van der Waals surface area contributed by atoms with Gasteiger partial charge in [0.15, 0.2) is 0 Å². The maximum Gasteiger partial charge on any atom is 0.275 e. The maximum absolute atomic E-state index is 12.7. The first kappa shape index (κ1) is 18.6. The average Bonchev–Trinajstić information content (AvgIpc) is 3.05. The molecule has 8 heteroatoms. The second-order valence-electron chi connectivity index (χ2n) is 7.44. The molecule has 1 saturated heterocycles. The Hall–Kier alpha value is -2.74. The van der Waals surface area contributed by atoms with Gasteiger partial charge in [-0.1, -0.05) is 17.4 Å². The second kappa shape index (κ2) is 7.35. The molecule has 0 bridgehead atoms. The molecule has 0 spiro atoms. The minimum absolute atomic E-state index is 0.0189. The number of nitrogens with zero attached hydrogens (tertiary/aromatic N) is 4. The van der Waals surface area contributed by atoms with E-state index in [4.69, 9.17) is 0 Å². The Morgan fingerprint density at radius 1 is 1.11 bits per heavy atom. The fraction of sp³-hybridized carbons (Fsp3) is 0.400. The van der Waals surface area contributed by atoms with Crippen LogP contribution in [-0.2, 0) is 4.79 Å². The zero-order valence-corrected chi connectivity index (χ0v) is 17.0. The van der Waals surface area contributed by atoms with Crippen LogP contribution in [0.1, 0.15) is 29.7 Å². The molecule has 3 heterocycles. The Bertz CT molecular complexity index is 1080. The molecule has 0 saturated carbocycles. The largest absolute Gasteiger partial charge is 0.347 e. The summed E-state index contributed by atoms with van der Waals surface area (Å²) < 4.78 is 1.35. The van der Waals surface area contributed by atoms with Crippen molar-refractivity contribution in [2.75, 3.05) is 23.3 Å². The first-order valence-corrected chi connectivity index (χ1v) is 10.2. The van der Waals surface area contributed by atoms with Crippen molar-refractivity contribution in [3.05, 3.63) is 51.4 Å². The zero-order valence-electron chi connectivity index (χ0n) is 16.2. The number of piperidine rings is 1. The van der Waals surface area contributed by atoms with Gasteiger partial charge in [-0.2, -0.15) is 4.52 Å². The summed E-state index contributed by atoms with van der Waals surface area (Å²) >= 11 is 1.41. The second-order valence-corrected chi connectivity index (χ2v) is 8.38. The molecule has 28 heavy (non-hydrogen) atoms. The van der Waals surface area contributed by atoms with E-state index in [1.165, 1.54) is 21.9 Å². The molecule has 1 amide bonds. The molecule has 7 nitrogen and oxygen atoms in total. The Labute approximate surface area is 167 Å². The lowest BCUT2D eigenvalue weighted by molar-refractivity contribution is -0.120. The molecule has 146 valence electrons. The summed E-state index contributed by atoms with van der Waals surface area (Å²) in [6.45, 7) is 7.33. The Morgan fingerprint density at radius 3 is 2.46 bits per heavy atom. The van der Waals surface area contributed by atoms with Gasteiger partial charge in [-0.25, -0.2) is 4.98 Å². The number of anilines is 2. The average molecular weight is 398 g/mol. The van der Waals surface area contributed by atoms with Crippen LogP contribution < -0.4 is 15.8 Å². The number of benzene rings is 1. The molecular weight excluding hydrogens is 374 g/mol. The van der Waals surface area contributed by atoms with Gasteiger partial charge in [-0.15, -0.1) is 5.10 Å². The Balaban J connectivity index is 1.42. The van der Waals surface area contributed by atoms with E-state index in [2.05, 4.69) is 26.4 Å². The van der Waals surface area contributed by atoms with E-state index in [0.29, 0.717) is 10.7 Å². The van der Waals surface area contributed by atoms with Crippen LogP contribution in [0.3, 0.4) is 0 Å². The summed E-state index contributed by atoms with van der Waals surface area (Å²) in [5, 5.41) is 8.26. The van der Waals surface area contributed by atoms with E-state index in [-0.39, 0.29) is 17.4 Å². The molecule has 2 aromatic heterocycles. The standard InChI is InChI=1S/C20H23N5O2S/c1-12-8-13(2)10-16(9-12)22-18(27)15-4-6-24(7-5-15)20-23-25-17(26)11-14(3)21-19(25)28-20/h8-11,15H,4-7H2,1-3H3,(H,22,27). The van der Waals surface area contributed by atoms with E-state index >= 15 is 0 Å². The molecule has 0 unspecified atom stereocenters. The van der Waals surface area contributed by atoms with Crippen molar-refractivity contribution in [3.63, 3.8) is 0 Å². The van der Waals surface area contributed by atoms with Gasteiger partial charge >= 0.3 is 0 Å². The van der Waals surface area contributed by atoms with E-state index in [9.17, 15) is 9.59 Å². The number of hydrogen-bond acceptors (Lipinski definition) is 6. The number of nitrogens with one attached hydrogen (secondary N) is 1. The van der Waals surface area contributed by atoms with E-state index in [1.807, 2.05) is 26.0 Å². The van der Waals surface area contributed by atoms with Crippen LogP contribution in [0.4, 0.5) is 10.8 Å². The van der Waals surface area contributed by atoms with E-state index in [1.54, 1.807) is 6.92 Å². The van der Waals surface area contributed by atoms with Gasteiger partial charge in [0.05, 0.1) is 0 Å². The summed E-state index contributed by atoms with van der Waals surface area (Å²) in [6, 6.07) is 7.57. The third-order valence-corrected chi connectivity index (χ3v) is 5.96. The molecule has 1 fully saturated rings. The van der Waals surface area contributed by atoms with Gasteiger partial charge in [0.2, 0.25) is 16.0 Å². The Kier molecular flexibility index (Phi) is 4.89. The van der Waals surface area contributed by atoms with Gasteiger partial charge in [0, 0.05) is 36.5 Å². The third-order valence-electron chi connectivity index (χ3n) is 4.99. The number of carbonyl (C=O) groups is 1. The lowest BCUT2D eigenvalue weighted by Gasteiger charge is -2.30. The molecule has 0 aliphatic carbocycles. The molecule has 1 aliphatic heterocycles. The summed E-state index contributed by atoms with van der Waals surface area (Å²) in [4.78, 5) is 31.8. The number of aromatic nitrogens is 3. The van der Waals surface area contributed by atoms with E-state index in [0.717, 1.165) is 47.9 Å². The molecular formula is C20H23N5O2S. The van der Waals surface area contributed by atoms with Gasteiger partial charge in [0.25, 0.3) is 5.56 Å². The number of carbonyl (C=O) groups excluding carboxylic acids is 1. The van der Waals surface area contributed by atoms with Gasteiger partial charge in [0.1, 0.15) is 0 Å². The highest BCUT2D eigenvalue weighted by atomic mass is 32.1. The van der Waals surface area contributed by atoms with Crippen molar-refractivity contribution in [2.45, 2.75) is 33.6 Å². The van der Waals surface area contributed by atoms with Crippen LogP contribution in [0.5, 0.6) is 0 Å². The van der Waals surface area contributed by atoms with Crippen molar-refractivity contribution in [2.24, 2.45) is 5.92 Å². The number of hydrogen-bond donors (Lipinski definition) is 1. The fourth-order valence-electron chi connectivity index (χ4n) is 3.66. The molecule has 3 aromatic rings. The predicted octanol–water partition coefficient (Wildman–Crippen LogP) is 2.93. The minimum Gasteiger partial charge on any atom is -0.347 e. The SMILES string of the molecule is Cc1cc(C)cc(NC(=O)C2CCN(c3nn4c(=O)cc(C)nc4s3)CC2)c1. The molecule has 4 rings (SSSR count). The topological polar surface area (TPSA) is 79.6 Å². The molecule has 1 aromatic carbocycles. The summed E-state index contributed by atoms with van der Waals surface area (Å²) in [7, 11) is 0. The monoisotopic (exact) mass is 397 g/mol. The van der Waals surface area contributed by atoms with Gasteiger partial charge in [-0.05, 0) is 56.9 Å². The zero-order chi connectivity index (χ0) is 19.8. The van der Waals surface area contributed by atoms with Crippen LogP contribution in [0.25, 0.3) is 4.96 Å². The summed E-state index contributed by atoms with van der Waals surface area (Å²) in [5.41, 5.74) is 3.67. The van der Waals surface area contributed by atoms with Crippen molar-refractivity contribution in [1.82, 2.24) is 14.6 Å².